The maximum atomic E-state index is 12.3. The summed E-state index contributed by atoms with van der Waals surface area (Å²) in [5.41, 5.74) is 1.05. The number of hydrogen-bond donors (Lipinski definition) is 1. The first-order chi connectivity index (χ1) is 10.0. The van der Waals surface area contributed by atoms with E-state index in [4.69, 9.17) is 4.74 Å². The van der Waals surface area contributed by atoms with Crippen LogP contribution in [0.2, 0.25) is 0 Å². The summed E-state index contributed by atoms with van der Waals surface area (Å²) in [4.78, 5) is 25.4. The van der Waals surface area contributed by atoms with Gasteiger partial charge in [-0.25, -0.2) is 0 Å². The van der Waals surface area contributed by atoms with Crippen molar-refractivity contribution in [2.75, 3.05) is 20.7 Å². The molecule has 5 nitrogen and oxygen atoms in total. The van der Waals surface area contributed by atoms with E-state index in [9.17, 15) is 9.59 Å². The highest BCUT2D eigenvalue weighted by Gasteiger charge is 2.32. The van der Waals surface area contributed by atoms with Crippen LogP contribution in [0, 0.1) is 5.92 Å². The molecule has 0 radical (unpaired) electrons. The summed E-state index contributed by atoms with van der Waals surface area (Å²) in [5.74, 6) is 0.542. The van der Waals surface area contributed by atoms with E-state index in [1.54, 1.807) is 19.1 Å². The molecule has 1 aliphatic rings. The molecule has 114 valence electrons. The second kappa shape index (κ2) is 6.61. The van der Waals surface area contributed by atoms with E-state index in [1.807, 2.05) is 31.2 Å². The zero-order chi connectivity index (χ0) is 15.4. The molecule has 2 rings (SSSR count). The zero-order valence-electron chi connectivity index (χ0n) is 12.8. The number of amides is 2. The number of ether oxygens (including phenoxy) is 1. The third-order valence-electron chi connectivity index (χ3n) is 3.95. The predicted molar refractivity (Wildman–Crippen MR) is 79.9 cm³/mol. The fourth-order valence-corrected chi connectivity index (χ4v) is 2.59. The molecule has 1 heterocycles. The fraction of sp³-hybridized carbons (Fsp3) is 0.500. The third kappa shape index (κ3) is 3.54. The number of carbonyl (C=O) groups excluding carboxylic acids is 2. The van der Waals surface area contributed by atoms with Crippen LogP contribution in [0.25, 0.3) is 0 Å². The summed E-state index contributed by atoms with van der Waals surface area (Å²) in [6, 6.07) is 7.65. The summed E-state index contributed by atoms with van der Waals surface area (Å²) >= 11 is 0. The average molecular weight is 290 g/mol. The molecule has 0 spiro atoms. The van der Waals surface area contributed by atoms with E-state index >= 15 is 0 Å². The maximum absolute atomic E-state index is 12.3. The van der Waals surface area contributed by atoms with E-state index in [0.29, 0.717) is 13.0 Å². The van der Waals surface area contributed by atoms with Gasteiger partial charge >= 0.3 is 0 Å². The van der Waals surface area contributed by atoms with Gasteiger partial charge in [-0.1, -0.05) is 19.1 Å². The molecular weight excluding hydrogens is 268 g/mol. The minimum atomic E-state index is -0.241. The maximum Gasteiger partial charge on any atom is 0.225 e. The van der Waals surface area contributed by atoms with Crippen molar-refractivity contribution in [2.24, 2.45) is 5.92 Å². The van der Waals surface area contributed by atoms with Crippen molar-refractivity contribution < 1.29 is 14.3 Å². The van der Waals surface area contributed by atoms with Gasteiger partial charge in [0.2, 0.25) is 11.8 Å². The van der Waals surface area contributed by atoms with Gasteiger partial charge in [0, 0.05) is 20.0 Å². The number of rotatable bonds is 5. The Bertz CT molecular complexity index is 513. The van der Waals surface area contributed by atoms with Gasteiger partial charge in [0.05, 0.1) is 19.1 Å². The number of methoxy groups -OCH3 is 1. The van der Waals surface area contributed by atoms with Crippen LogP contribution in [0.1, 0.15) is 31.4 Å². The molecule has 0 saturated carbocycles. The van der Waals surface area contributed by atoms with Crippen molar-refractivity contribution in [2.45, 2.75) is 25.8 Å². The van der Waals surface area contributed by atoms with Crippen molar-refractivity contribution in [3.8, 4) is 5.75 Å². The van der Waals surface area contributed by atoms with Gasteiger partial charge in [-0.2, -0.15) is 0 Å². The molecule has 21 heavy (non-hydrogen) atoms. The number of carbonyl (C=O) groups is 2. The minimum Gasteiger partial charge on any atom is -0.497 e. The molecule has 1 aliphatic heterocycles. The van der Waals surface area contributed by atoms with Gasteiger partial charge in [0.1, 0.15) is 5.75 Å². The van der Waals surface area contributed by atoms with E-state index in [0.717, 1.165) is 17.7 Å². The highest BCUT2D eigenvalue weighted by atomic mass is 16.5. The monoisotopic (exact) mass is 290 g/mol. The van der Waals surface area contributed by atoms with Gasteiger partial charge in [0.15, 0.2) is 0 Å². The molecule has 1 aromatic carbocycles. The summed E-state index contributed by atoms with van der Waals surface area (Å²) in [6.45, 7) is 2.53. The fourth-order valence-electron chi connectivity index (χ4n) is 2.59. The standard InChI is InChI=1S/C16H22N2O3/c1-4-14(11-5-7-13(21-3)8-6-11)17-16(20)12-9-15(19)18(2)10-12/h5-8,12,14H,4,9-10H2,1-3H3,(H,17,20)/t12-,14-/m1/s1. The van der Waals surface area contributed by atoms with Crippen molar-refractivity contribution in [1.82, 2.24) is 10.2 Å². The number of nitrogens with one attached hydrogen (secondary N) is 1. The molecule has 0 unspecified atom stereocenters. The number of nitrogens with zero attached hydrogens (tertiary/aromatic N) is 1. The highest BCUT2D eigenvalue weighted by molar-refractivity contribution is 5.89. The van der Waals surface area contributed by atoms with Crippen LogP contribution in [0.15, 0.2) is 24.3 Å². The zero-order valence-corrected chi connectivity index (χ0v) is 12.8. The molecule has 1 fully saturated rings. The van der Waals surface area contributed by atoms with Crippen LogP contribution in [-0.2, 0) is 9.59 Å². The molecular formula is C16H22N2O3. The molecule has 0 bridgehead atoms. The Morgan fingerprint density at radius 1 is 1.43 bits per heavy atom. The third-order valence-corrected chi connectivity index (χ3v) is 3.95. The lowest BCUT2D eigenvalue weighted by Crippen LogP contribution is -2.34. The van der Waals surface area contributed by atoms with Crippen LogP contribution >= 0.6 is 0 Å². The Morgan fingerprint density at radius 3 is 2.57 bits per heavy atom. The molecule has 0 aliphatic carbocycles. The summed E-state index contributed by atoms with van der Waals surface area (Å²) in [6.07, 6.45) is 1.11. The average Bonchev–Trinajstić information content (AvgIpc) is 2.84. The Kier molecular flexibility index (Phi) is 4.83. The highest BCUT2D eigenvalue weighted by Crippen LogP contribution is 2.22. The number of benzene rings is 1. The van der Waals surface area contributed by atoms with E-state index in [2.05, 4.69) is 5.32 Å². The van der Waals surface area contributed by atoms with Crippen LogP contribution in [0.4, 0.5) is 0 Å². The van der Waals surface area contributed by atoms with Gasteiger partial charge < -0.3 is 15.0 Å². The molecule has 5 heteroatoms. The molecule has 2 amide bonds. The van der Waals surface area contributed by atoms with Gasteiger partial charge in [-0.15, -0.1) is 0 Å². The van der Waals surface area contributed by atoms with Crippen LogP contribution in [-0.4, -0.2) is 37.4 Å². The SMILES string of the molecule is CC[C@@H](NC(=O)[C@@H]1CC(=O)N(C)C1)c1ccc(OC)cc1. The summed E-state index contributed by atoms with van der Waals surface area (Å²) in [5, 5.41) is 3.04. The second-order valence-electron chi connectivity index (χ2n) is 5.42. The minimum absolute atomic E-state index is 0.0349. The Labute approximate surface area is 125 Å². The lowest BCUT2D eigenvalue weighted by atomic mass is 10.0. The Hall–Kier alpha value is -2.04. The van der Waals surface area contributed by atoms with Gasteiger partial charge in [-0.05, 0) is 24.1 Å². The predicted octanol–water partition coefficient (Wildman–Crippen LogP) is 1.74. The van der Waals surface area contributed by atoms with E-state index < -0.39 is 0 Å². The summed E-state index contributed by atoms with van der Waals surface area (Å²) in [7, 11) is 3.36. The van der Waals surface area contributed by atoms with Crippen LogP contribution < -0.4 is 10.1 Å². The number of likely N-dealkylation sites (tertiary alicyclic amines) is 1. The molecule has 1 aromatic rings. The molecule has 1 saturated heterocycles. The Morgan fingerprint density at radius 2 is 2.10 bits per heavy atom. The lowest BCUT2D eigenvalue weighted by Gasteiger charge is -2.20. The lowest BCUT2D eigenvalue weighted by molar-refractivity contribution is -0.128. The molecule has 2 atom stereocenters. The van der Waals surface area contributed by atoms with Crippen LogP contribution in [0.5, 0.6) is 5.75 Å². The first kappa shape index (κ1) is 15.4. The first-order valence-electron chi connectivity index (χ1n) is 7.23. The number of hydrogen-bond acceptors (Lipinski definition) is 3. The smallest absolute Gasteiger partial charge is 0.225 e. The quantitative estimate of drug-likeness (QED) is 0.898. The Balaban J connectivity index is 2.01. The van der Waals surface area contributed by atoms with Crippen molar-refractivity contribution in [3.05, 3.63) is 29.8 Å². The van der Waals surface area contributed by atoms with E-state index in [-0.39, 0.29) is 23.8 Å². The van der Waals surface area contributed by atoms with Crippen LogP contribution in [0.3, 0.4) is 0 Å². The summed E-state index contributed by atoms with van der Waals surface area (Å²) < 4.78 is 5.14. The van der Waals surface area contributed by atoms with Gasteiger partial charge in [0.25, 0.3) is 0 Å². The normalized spacial score (nSPS) is 19.5. The first-order valence-corrected chi connectivity index (χ1v) is 7.23. The molecule has 1 N–H and O–H groups in total. The van der Waals surface area contributed by atoms with E-state index in [1.165, 1.54) is 0 Å². The second-order valence-corrected chi connectivity index (χ2v) is 5.42. The van der Waals surface area contributed by atoms with Crippen molar-refractivity contribution in [3.63, 3.8) is 0 Å². The van der Waals surface area contributed by atoms with Gasteiger partial charge in [-0.3, -0.25) is 9.59 Å². The topological polar surface area (TPSA) is 58.6 Å². The van der Waals surface area contributed by atoms with Crippen molar-refractivity contribution in [1.29, 1.82) is 0 Å². The molecule has 0 aromatic heterocycles. The van der Waals surface area contributed by atoms with Crippen molar-refractivity contribution >= 4 is 11.8 Å². The largest absolute Gasteiger partial charge is 0.497 e.